The summed E-state index contributed by atoms with van der Waals surface area (Å²) >= 11 is 0. The predicted molar refractivity (Wildman–Crippen MR) is 272 cm³/mol. The second-order valence-corrected chi connectivity index (χ2v) is 17.9. The van der Waals surface area contributed by atoms with E-state index in [9.17, 15) is 0 Å². The quantitative estimate of drug-likeness (QED) is 0.147. The highest BCUT2D eigenvalue weighted by Gasteiger charge is 2.42. The molecule has 0 bridgehead atoms. The molecule has 2 unspecified atom stereocenters. The Morgan fingerprint density at radius 1 is 0.262 bits per heavy atom. The molecule has 0 aliphatic heterocycles. The second kappa shape index (κ2) is 15.4. The molecule has 1 heteroatoms. The van der Waals surface area contributed by atoms with Crippen molar-refractivity contribution >= 4 is 17.1 Å². The number of hydrogen-bond donors (Lipinski definition) is 0. The zero-order valence-electron chi connectivity index (χ0n) is 36.6. The standard InChI is InChI=1S/C64H47N/c1-63(49-22-8-4-9-23-49)58-30-15-12-28-54(58)56-39-35-47(42-60(56)63)45-33-37-51(38-34-45)65(52-26-18-21-46(41-52)44-19-6-3-7-20-44)62-32-17-14-27-53(62)48-36-40-57-55-29-13-16-31-59(55)64(2,61(57)43-48)50-24-10-5-11-25-50/h3-43H,1-2H3. The zero-order valence-corrected chi connectivity index (χ0v) is 36.6. The zero-order chi connectivity index (χ0) is 43.5. The molecule has 0 amide bonds. The molecular weight excluding hydrogens is 783 g/mol. The normalized spacial score (nSPS) is 16.6. The van der Waals surface area contributed by atoms with E-state index >= 15 is 0 Å². The molecule has 10 aromatic rings. The first-order valence-corrected chi connectivity index (χ1v) is 22.8. The molecule has 308 valence electrons. The van der Waals surface area contributed by atoms with Gasteiger partial charge in [0, 0.05) is 27.8 Å². The fourth-order valence-electron chi connectivity index (χ4n) is 11.1. The summed E-state index contributed by atoms with van der Waals surface area (Å²) in [7, 11) is 0. The van der Waals surface area contributed by atoms with Gasteiger partial charge in [-0.05, 0) is 140 Å². The molecule has 0 aromatic heterocycles. The van der Waals surface area contributed by atoms with Crippen LogP contribution in [-0.2, 0) is 10.8 Å². The Bertz CT molecular complexity index is 3390. The maximum Gasteiger partial charge on any atom is 0.0540 e. The van der Waals surface area contributed by atoms with Crippen molar-refractivity contribution in [3.8, 4) is 55.6 Å². The van der Waals surface area contributed by atoms with Crippen LogP contribution < -0.4 is 4.90 Å². The van der Waals surface area contributed by atoms with Crippen LogP contribution in [0.4, 0.5) is 17.1 Å². The van der Waals surface area contributed by atoms with Gasteiger partial charge in [0.1, 0.15) is 0 Å². The number of para-hydroxylation sites is 1. The van der Waals surface area contributed by atoms with Crippen LogP contribution in [0.15, 0.2) is 249 Å². The van der Waals surface area contributed by atoms with Crippen LogP contribution in [0.25, 0.3) is 55.6 Å². The molecule has 2 aliphatic carbocycles. The van der Waals surface area contributed by atoms with Crippen LogP contribution in [0, 0.1) is 0 Å². The molecule has 12 rings (SSSR count). The predicted octanol–water partition coefficient (Wildman–Crippen LogP) is 16.8. The summed E-state index contributed by atoms with van der Waals surface area (Å²) in [5.41, 5.74) is 23.1. The minimum absolute atomic E-state index is 0.258. The molecule has 0 spiro atoms. The van der Waals surface area contributed by atoms with Gasteiger partial charge in [-0.1, -0.05) is 206 Å². The third kappa shape index (κ3) is 6.15. The maximum absolute atomic E-state index is 2.46. The van der Waals surface area contributed by atoms with Crippen molar-refractivity contribution < 1.29 is 0 Å². The molecule has 1 nitrogen and oxygen atoms in total. The number of rotatable bonds is 8. The Morgan fingerprint density at radius 3 is 1.28 bits per heavy atom. The van der Waals surface area contributed by atoms with Gasteiger partial charge in [0.05, 0.1) is 5.69 Å². The van der Waals surface area contributed by atoms with Crippen LogP contribution in [-0.4, -0.2) is 0 Å². The highest BCUT2D eigenvalue weighted by Crippen LogP contribution is 2.55. The maximum atomic E-state index is 2.46. The topological polar surface area (TPSA) is 3.24 Å². The Balaban J connectivity index is 0.990. The van der Waals surface area contributed by atoms with Gasteiger partial charge in [0.15, 0.2) is 0 Å². The first-order valence-electron chi connectivity index (χ1n) is 22.8. The lowest BCUT2D eigenvalue weighted by atomic mass is 9.74. The van der Waals surface area contributed by atoms with Crippen LogP contribution in [0.5, 0.6) is 0 Å². The van der Waals surface area contributed by atoms with E-state index in [1.54, 1.807) is 0 Å². The van der Waals surface area contributed by atoms with Crippen molar-refractivity contribution in [1.82, 2.24) is 0 Å². The fourth-order valence-corrected chi connectivity index (χ4v) is 11.1. The Labute approximate surface area is 382 Å². The van der Waals surface area contributed by atoms with Crippen molar-refractivity contribution in [2.75, 3.05) is 4.90 Å². The van der Waals surface area contributed by atoms with Crippen LogP contribution >= 0.6 is 0 Å². The van der Waals surface area contributed by atoms with Crippen LogP contribution in [0.3, 0.4) is 0 Å². The number of benzene rings is 10. The average Bonchev–Trinajstić information content (AvgIpc) is 3.80. The van der Waals surface area contributed by atoms with Gasteiger partial charge >= 0.3 is 0 Å². The number of fused-ring (bicyclic) bond motifs is 6. The van der Waals surface area contributed by atoms with Crippen molar-refractivity contribution in [1.29, 1.82) is 0 Å². The highest BCUT2D eigenvalue weighted by molar-refractivity contribution is 5.93. The first kappa shape index (κ1) is 38.7. The minimum atomic E-state index is -0.295. The molecule has 2 atom stereocenters. The fraction of sp³-hybridized carbons (Fsp3) is 0.0625. The van der Waals surface area contributed by atoms with E-state index in [1.807, 2.05) is 0 Å². The van der Waals surface area contributed by atoms with Crippen molar-refractivity contribution in [3.63, 3.8) is 0 Å². The van der Waals surface area contributed by atoms with E-state index in [2.05, 4.69) is 267 Å². The molecule has 0 radical (unpaired) electrons. The lowest BCUT2D eigenvalue weighted by Crippen LogP contribution is -2.22. The summed E-state index contributed by atoms with van der Waals surface area (Å²) in [4.78, 5) is 2.44. The van der Waals surface area contributed by atoms with Gasteiger partial charge in [-0.3, -0.25) is 0 Å². The monoisotopic (exact) mass is 829 g/mol. The molecule has 10 aromatic carbocycles. The third-order valence-corrected chi connectivity index (χ3v) is 14.5. The minimum Gasteiger partial charge on any atom is -0.310 e. The number of anilines is 3. The van der Waals surface area contributed by atoms with Gasteiger partial charge in [-0.15, -0.1) is 0 Å². The summed E-state index contributed by atoms with van der Waals surface area (Å²) < 4.78 is 0. The SMILES string of the molecule is CC1(c2ccccc2)c2ccccc2-c2ccc(-c3ccc(N(c4cccc(-c5ccccc5)c4)c4ccccc4-c4ccc5c(c4)C(C)(c4ccccc4)c4ccccc4-5)cc3)cc21. The summed E-state index contributed by atoms with van der Waals surface area (Å²) in [6.07, 6.45) is 0. The lowest BCUT2D eigenvalue weighted by molar-refractivity contribution is 0.714. The van der Waals surface area contributed by atoms with Gasteiger partial charge < -0.3 is 4.90 Å². The van der Waals surface area contributed by atoms with E-state index in [1.165, 1.54) is 89.0 Å². The first-order chi connectivity index (χ1) is 32.0. The molecule has 65 heavy (non-hydrogen) atoms. The third-order valence-electron chi connectivity index (χ3n) is 14.5. The van der Waals surface area contributed by atoms with Crippen LogP contribution in [0.2, 0.25) is 0 Å². The van der Waals surface area contributed by atoms with Crippen molar-refractivity contribution in [2.24, 2.45) is 0 Å². The Hall–Kier alpha value is -8.00. The summed E-state index contributed by atoms with van der Waals surface area (Å²) in [6.45, 7) is 4.79. The summed E-state index contributed by atoms with van der Waals surface area (Å²) in [6, 6.07) is 91.8. The molecule has 0 saturated heterocycles. The van der Waals surface area contributed by atoms with E-state index in [0.29, 0.717) is 0 Å². The van der Waals surface area contributed by atoms with Crippen molar-refractivity contribution in [3.05, 3.63) is 282 Å². The van der Waals surface area contributed by atoms with Gasteiger partial charge in [-0.25, -0.2) is 0 Å². The Morgan fingerprint density at radius 2 is 0.677 bits per heavy atom. The highest BCUT2D eigenvalue weighted by atomic mass is 15.1. The van der Waals surface area contributed by atoms with Gasteiger partial charge in [0.2, 0.25) is 0 Å². The summed E-state index contributed by atoms with van der Waals surface area (Å²) in [5, 5.41) is 0. The Kier molecular flexibility index (Phi) is 9.14. The molecule has 0 N–H and O–H groups in total. The largest absolute Gasteiger partial charge is 0.310 e. The van der Waals surface area contributed by atoms with Crippen molar-refractivity contribution in [2.45, 2.75) is 24.7 Å². The smallest absolute Gasteiger partial charge is 0.0540 e. The van der Waals surface area contributed by atoms with Gasteiger partial charge in [-0.2, -0.15) is 0 Å². The van der Waals surface area contributed by atoms with E-state index in [0.717, 1.165) is 17.1 Å². The van der Waals surface area contributed by atoms with Gasteiger partial charge in [0.25, 0.3) is 0 Å². The molecule has 2 aliphatic rings. The van der Waals surface area contributed by atoms with E-state index in [-0.39, 0.29) is 10.8 Å². The van der Waals surface area contributed by atoms with E-state index in [4.69, 9.17) is 0 Å². The number of nitrogens with zero attached hydrogens (tertiary/aromatic N) is 1. The molecule has 0 heterocycles. The van der Waals surface area contributed by atoms with Crippen LogP contribution in [0.1, 0.15) is 47.2 Å². The summed E-state index contributed by atoms with van der Waals surface area (Å²) in [5.74, 6) is 0. The molecule has 0 fully saturated rings. The van der Waals surface area contributed by atoms with E-state index < -0.39 is 0 Å². The lowest BCUT2D eigenvalue weighted by Gasteiger charge is -2.30. The molecular formula is C64H47N. The average molecular weight is 830 g/mol. The molecule has 0 saturated carbocycles. The second-order valence-electron chi connectivity index (χ2n) is 17.9. The number of hydrogen-bond acceptors (Lipinski definition) is 1.